The van der Waals surface area contributed by atoms with E-state index in [-0.39, 0.29) is 0 Å². The van der Waals surface area contributed by atoms with E-state index >= 15 is 0 Å². The molecule has 1 nitrogen and oxygen atoms in total. The zero-order valence-corrected chi connectivity index (χ0v) is 10.9. The van der Waals surface area contributed by atoms with Gasteiger partial charge in [-0.15, -0.1) is 6.58 Å². The van der Waals surface area contributed by atoms with E-state index in [1.165, 1.54) is 51.4 Å². The molecule has 16 heavy (non-hydrogen) atoms. The van der Waals surface area contributed by atoms with Gasteiger partial charge in [-0.1, -0.05) is 57.9 Å². The molecule has 1 heteroatoms. The van der Waals surface area contributed by atoms with Crippen molar-refractivity contribution in [1.29, 1.82) is 0 Å². The fourth-order valence-electron chi connectivity index (χ4n) is 2.54. The van der Waals surface area contributed by atoms with Crippen LogP contribution in [-0.4, -0.2) is 13.2 Å². The van der Waals surface area contributed by atoms with Crippen LogP contribution in [-0.2, 0) is 4.74 Å². The molecule has 0 saturated carbocycles. The van der Waals surface area contributed by atoms with Crippen molar-refractivity contribution in [2.75, 3.05) is 13.2 Å². The lowest BCUT2D eigenvalue weighted by Gasteiger charge is -2.13. The maximum absolute atomic E-state index is 5.50. The molecular formula is C15H28O. The predicted octanol–water partition coefficient (Wildman–Crippen LogP) is 4.58. The Labute approximate surface area is 101 Å². The molecule has 1 fully saturated rings. The van der Waals surface area contributed by atoms with Gasteiger partial charge in [0.25, 0.3) is 0 Å². The van der Waals surface area contributed by atoms with Gasteiger partial charge >= 0.3 is 0 Å². The third-order valence-electron chi connectivity index (χ3n) is 3.73. The molecule has 2 unspecified atom stereocenters. The zero-order valence-electron chi connectivity index (χ0n) is 10.9. The summed E-state index contributed by atoms with van der Waals surface area (Å²) in [4.78, 5) is 0. The predicted molar refractivity (Wildman–Crippen MR) is 70.6 cm³/mol. The molecule has 0 aromatic rings. The third-order valence-corrected chi connectivity index (χ3v) is 3.73. The molecule has 0 bridgehead atoms. The summed E-state index contributed by atoms with van der Waals surface area (Å²) in [6.45, 7) is 8.04. The minimum absolute atomic E-state index is 0.625. The van der Waals surface area contributed by atoms with Crippen LogP contribution in [0.5, 0.6) is 0 Å². The molecule has 1 heterocycles. The van der Waals surface area contributed by atoms with Crippen LogP contribution in [0.4, 0.5) is 0 Å². The van der Waals surface area contributed by atoms with E-state index in [4.69, 9.17) is 4.74 Å². The Kier molecular flexibility index (Phi) is 7.58. The maximum atomic E-state index is 5.50. The van der Waals surface area contributed by atoms with Crippen molar-refractivity contribution < 1.29 is 4.74 Å². The van der Waals surface area contributed by atoms with Crippen LogP contribution in [0.3, 0.4) is 0 Å². The van der Waals surface area contributed by atoms with E-state index in [1.807, 2.05) is 0 Å². The lowest BCUT2D eigenvalue weighted by atomic mass is 9.91. The molecule has 1 aliphatic heterocycles. The molecular weight excluding hydrogens is 196 g/mol. The molecule has 0 spiro atoms. The first-order valence-corrected chi connectivity index (χ1v) is 7.08. The first-order valence-electron chi connectivity index (χ1n) is 7.08. The summed E-state index contributed by atoms with van der Waals surface area (Å²) in [5, 5.41) is 0. The van der Waals surface area contributed by atoms with E-state index in [2.05, 4.69) is 19.6 Å². The Balaban J connectivity index is 1.92. The molecule has 0 radical (unpaired) electrons. The van der Waals surface area contributed by atoms with Crippen molar-refractivity contribution in [2.24, 2.45) is 11.8 Å². The average Bonchev–Trinajstić information content (AvgIpc) is 2.75. The van der Waals surface area contributed by atoms with Gasteiger partial charge in [-0.25, -0.2) is 0 Å². The van der Waals surface area contributed by atoms with Gasteiger partial charge in [0, 0.05) is 5.92 Å². The molecule has 2 atom stereocenters. The molecule has 1 aliphatic rings. The van der Waals surface area contributed by atoms with Crippen molar-refractivity contribution in [3.05, 3.63) is 12.7 Å². The number of rotatable bonds is 9. The van der Waals surface area contributed by atoms with E-state index < -0.39 is 0 Å². The SMILES string of the molecule is C=CC1COCC1CCCCCCCCC. The van der Waals surface area contributed by atoms with E-state index in [1.54, 1.807) is 0 Å². The number of hydrogen-bond acceptors (Lipinski definition) is 1. The van der Waals surface area contributed by atoms with Gasteiger partial charge < -0.3 is 4.74 Å². The molecule has 0 aliphatic carbocycles. The summed E-state index contributed by atoms with van der Waals surface area (Å²) < 4.78 is 5.50. The first kappa shape index (κ1) is 13.8. The van der Waals surface area contributed by atoms with Gasteiger partial charge in [0.15, 0.2) is 0 Å². The van der Waals surface area contributed by atoms with E-state index in [0.29, 0.717) is 5.92 Å². The summed E-state index contributed by atoms with van der Waals surface area (Å²) >= 11 is 0. The van der Waals surface area contributed by atoms with Crippen molar-refractivity contribution in [2.45, 2.75) is 58.3 Å². The van der Waals surface area contributed by atoms with Gasteiger partial charge in [0.05, 0.1) is 13.2 Å². The minimum atomic E-state index is 0.625. The minimum Gasteiger partial charge on any atom is -0.381 e. The van der Waals surface area contributed by atoms with E-state index in [9.17, 15) is 0 Å². The van der Waals surface area contributed by atoms with Crippen LogP contribution >= 0.6 is 0 Å². The molecule has 0 aromatic carbocycles. The molecule has 0 aromatic heterocycles. The third kappa shape index (κ3) is 5.16. The van der Waals surface area contributed by atoms with Crippen molar-refractivity contribution in [3.63, 3.8) is 0 Å². The highest BCUT2D eigenvalue weighted by Gasteiger charge is 2.24. The smallest absolute Gasteiger partial charge is 0.0532 e. The quantitative estimate of drug-likeness (QED) is 0.411. The standard InChI is InChI=1S/C15H28O/c1-3-5-6-7-8-9-10-11-15-13-16-12-14(15)4-2/h4,14-15H,2-3,5-13H2,1H3. The highest BCUT2D eigenvalue weighted by Crippen LogP contribution is 2.26. The Bertz CT molecular complexity index is 176. The summed E-state index contributed by atoms with van der Waals surface area (Å²) in [5.74, 6) is 1.38. The average molecular weight is 224 g/mol. The van der Waals surface area contributed by atoms with Crippen LogP contribution in [0.15, 0.2) is 12.7 Å². The van der Waals surface area contributed by atoms with Crippen molar-refractivity contribution in [1.82, 2.24) is 0 Å². The normalized spacial score (nSPS) is 24.8. The second-order valence-corrected chi connectivity index (χ2v) is 5.11. The van der Waals surface area contributed by atoms with Crippen LogP contribution in [0.1, 0.15) is 58.3 Å². The number of ether oxygens (including phenoxy) is 1. The van der Waals surface area contributed by atoms with E-state index in [0.717, 1.165) is 19.1 Å². The summed E-state index contributed by atoms with van der Waals surface area (Å²) in [5.41, 5.74) is 0. The highest BCUT2D eigenvalue weighted by atomic mass is 16.5. The van der Waals surface area contributed by atoms with Crippen LogP contribution in [0.2, 0.25) is 0 Å². The molecule has 0 amide bonds. The van der Waals surface area contributed by atoms with Gasteiger partial charge in [0.1, 0.15) is 0 Å². The lowest BCUT2D eigenvalue weighted by molar-refractivity contribution is 0.181. The highest BCUT2D eigenvalue weighted by molar-refractivity contribution is 4.87. The summed E-state index contributed by atoms with van der Waals surface area (Å²) in [7, 11) is 0. The summed E-state index contributed by atoms with van der Waals surface area (Å²) in [6.07, 6.45) is 13.2. The molecule has 0 N–H and O–H groups in total. The van der Waals surface area contributed by atoms with Gasteiger partial charge in [-0.05, 0) is 12.3 Å². The summed E-state index contributed by atoms with van der Waals surface area (Å²) in [6, 6.07) is 0. The van der Waals surface area contributed by atoms with Crippen LogP contribution < -0.4 is 0 Å². The maximum Gasteiger partial charge on any atom is 0.0532 e. The number of unbranched alkanes of at least 4 members (excludes halogenated alkanes) is 6. The largest absolute Gasteiger partial charge is 0.381 e. The fourth-order valence-corrected chi connectivity index (χ4v) is 2.54. The number of hydrogen-bond donors (Lipinski definition) is 0. The fraction of sp³-hybridized carbons (Fsp3) is 0.867. The zero-order chi connectivity index (χ0) is 11.6. The lowest BCUT2D eigenvalue weighted by Crippen LogP contribution is -2.09. The Hall–Kier alpha value is -0.300. The Morgan fingerprint density at radius 2 is 1.75 bits per heavy atom. The van der Waals surface area contributed by atoms with Gasteiger partial charge in [-0.2, -0.15) is 0 Å². The van der Waals surface area contributed by atoms with Crippen molar-refractivity contribution in [3.8, 4) is 0 Å². The van der Waals surface area contributed by atoms with Gasteiger partial charge in [-0.3, -0.25) is 0 Å². The first-order chi connectivity index (χ1) is 7.88. The molecule has 1 rings (SSSR count). The Morgan fingerprint density at radius 1 is 1.06 bits per heavy atom. The Morgan fingerprint density at radius 3 is 2.44 bits per heavy atom. The second kappa shape index (κ2) is 8.81. The van der Waals surface area contributed by atoms with Crippen LogP contribution in [0.25, 0.3) is 0 Å². The molecule has 94 valence electrons. The van der Waals surface area contributed by atoms with Crippen LogP contribution in [0, 0.1) is 11.8 Å². The van der Waals surface area contributed by atoms with Crippen molar-refractivity contribution >= 4 is 0 Å². The molecule has 1 saturated heterocycles. The van der Waals surface area contributed by atoms with Gasteiger partial charge in [0.2, 0.25) is 0 Å². The topological polar surface area (TPSA) is 9.23 Å². The monoisotopic (exact) mass is 224 g/mol. The second-order valence-electron chi connectivity index (χ2n) is 5.11.